The largest absolute Gasteiger partial charge is 0.455 e. The van der Waals surface area contributed by atoms with E-state index in [-0.39, 0.29) is 5.41 Å². The van der Waals surface area contributed by atoms with Gasteiger partial charge in [-0.15, -0.1) is 0 Å². The number of benzene rings is 13. The van der Waals surface area contributed by atoms with Crippen molar-refractivity contribution in [2.24, 2.45) is 0 Å². The third kappa shape index (κ3) is 7.03. The van der Waals surface area contributed by atoms with Crippen LogP contribution in [0.2, 0.25) is 0 Å². The standard InChI is InChI=1S/C81H53N3O/c1-81(2)71-35-10-6-29-61(71)68-48-70-69-47-55(39-42-75(69)82(76(70)49-72(68)81)57-26-17-25-56(46-57)60-33-18-34-67-64-32-9-13-38-77(64)85-80(60)67)52-22-14-21-51(43-52)54-24-16-28-59(45-54)84-74-37-12-8-31-63(74)66-41-40-65-62-30-7-11-36-73(62)83(78(65)79(66)84)58-27-15-23-53(44-58)50-19-4-3-5-20-50/h3-49H,1-2H3. The van der Waals surface area contributed by atoms with Crippen LogP contribution in [-0.2, 0) is 5.41 Å². The number of hydrogen-bond donors (Lipinski definition) is 0. The zero-order chi connectivity index (χ0) is 56.1. The highest BCUT2D eigenvalue weighted by Gasteiger charge is 2.36. The lowest BCUT2D eigenvalue weighted by Crippen LogP contribution is -2.14. The second-order valence-electron chi connectivity index (χ2n) is 23.6. The van der Waals surface area contributed by atoms with Crippen molar-refractivity contribution >= 4 is 87.4 Å². The summed E-state index contributed by atoms with van der Waals surface area (Å²) in [5.74, 6) is 0. The Hall–Kier alpha value is -10.9. The maximum absolute atomic E-state index is 6.60. The van der Waals surface area contributed by atoms with E-state index in [0.717, 1.165) is 61.3 Å². The second kappa shape index (κ2) is 18.0. The summed E-state index contributed by atoms with van der Waals surface area (Å²) in [6.07, 6.45) is 0. The van der Waals surface area contributed by atoms with E-state index in [0.29, 0.717) is 0 Å². The molecule has 0 atom stereocenters. The topological polar surface area (TPSA) is 27.9 Å². The lowest BCUT2D eigenvalue weighted by molar-refractivity contribution is 0.661. The summed E-state index contributed by atoms with van der Waals surface area (Å²) < 4.78 is 14.1. The molecular weight excluding hydrogens is 1030 g/mol. The molecule has 0 aliphatic heterocycles. The minimum Gasteiger partial charge on any atom is -0.455 e. The van der Waals surface area contributed by atoms with Crippen molar-refractivity contribution in [1.82, 2.24) is 13.7 Å². The first kappa shape index (κ1) is 47.7. The van der Waals surface area contributed by atoms with E-state index in [2.05, 4.69) is 307 Å². The summed E-state index contributed by atoms with van der Waals surface area (Å²) in [7, 11) is 0. The molecule has 4 heterocycles. The Morgan fingerprint density at radius 3 is 1.45 bits per heavy atom. The minimum absolute atomic E-state index is 0.160. The van der Waals surface area contributed by atoms with Crippen LogP contribution in [0, 0.1) is 0 Å². The normalized spacial score (nSPS) is 12.9. The monoisotopic (exact) mass is 1080 g/mol. The fourth-order valence-electron chi connectivity index (χ4n) is 14.7. The summed E-state index contributed by atoms with van der Waals surface area (Å²) in [5, 5.41) is 9.62. The summed E-state index contributed by atoms with van der Waals surface area (Å²) >= 11 is 0. The fourth-order valence-corrected chi connectivity index (χ4v) is 14.7. The van der Waals surface area contributed by atoms with Crippen molar-refractivity contribution in [2.75, 3.05) is 0 Å². The lowest BCUT2D eigenvalue weighted by Gasteiger charge is -2.21. The van der Waals surface area contributed by atoms with Crippen molar-refractivity contribution in [1.29, 1.82) is 0 Å². The smallest absolute Gasteiger partial charge is 0.143 e. The Morgan fingerprint density at radius 2 is 0.741 bits per heavy atom. The van der Waals surface area contributed by atoms with Crippen LogP contribution < -0.4 is 0 Å². The van der Waals surface area contributed by atoms with E-state index in [1.807, 2.05) is 6.07 Å². The molecule has 13 aromatic carbocycles. The molecule has 18 rings (SSSR count). The summed E-state index contributed by atoms with van der Waals surface area (Å²) in [5.41, 5.74) is 26.7. The van der Waals surface area contributed by atoms with Gasteiger partial charge in [0.25, 0.3) is 0 Å². The summed E-state index contributed by atoms with van der Waals surface area (Å²) in [4.78, 5) is 0. The average molecular weight is 1080 g/mol. The Labute approximate surface area is 490 Å². The van der Waals surface area contributed by atoms with Crippen LogP contribution in [0.3, 0.4) is 0 Å². The van der Waals surface area contributed by atoms with Crippen molar-refractivity contribution in [2.45, 2.75) is 19.3 Å². The van der Waals surface area contributed by atoms with Crippen LogP contribution in [-0.4, -0.2) is 13.7 Å². The Balaban J connectivity index is 0.794. The van der Waals surface area contributed by atoms with E-state index in [1.54, 1.807) is 0 Å². The first-order valence-electron chi connectivity index (χ1n) is 29.5. The Morgan fingerprint density at radius 1 is 0.259 bits per heavy atom. The molecule has 17 aromatic rings. The quantitative estimate of drug-likeness (QED) is 0.156. The van der Waals surface area contributed by atoms with Gasteiger partial charge in [-0.25, -0.2) is 0 Å². The van der Waals surface area contributed by atoms with Crippen LogP contribution in [0.15, 0.2) is 290 Å². The molecule has 85 heavy (non-hydrogen) atoms. The molecule has 1 aliphatic carbocycles. The molecule has 4 nitrogen and oxygen atoms in total. The number of para-hydroxylation sites is 4. The molecule has 0 radical (unpaired) electrons. The van der Waals surface area contributed by atoms with Crippen LogP contribution in [0.5, 0.6) is 0 Å². The molecule has 4 heteroatoms. The number of nitrogens with zero attached hydrogens (tertiary/aromatic N) is 3. The number of rotatable bonds is 7. The third-order valence-corrected chi connectivity index (χ3v) is 18.6. The molecule has 0 amide bonds. The van der Waals surface area contributed by atoms with Gasteiger partial charge in [-0.05, 0) is 146 Å². The molecule has 0 saturated carbocycles. The molecular formula is C81H53N3O. The van der Waals surface area contributed by atoms with Gasteiger partial charge in [0.1, 0.15) is 11.2 Å². The fraction of sp³-hybridized carbons (Fsp3) is 0.0370. The first-order chi connectivity index (χ1) is 41.9. The third-order valence-electron chi connectivity index (χ3n) is 18.6. The first-order valence-corrected chi connectivity index (χ1v) is 29.5. The molecule has 0 N–H and O–H groups in total. The van der Waals surface area contributed by atoms with E-state index in [4.69, 9.17) is 4.42 Å². The molecule has 0 spiro atoms. The highest BCUT2D eigenvalue weighted by atomic mass is 16.3. The van der Waals surface area contributed by atoms with Crippen LogP contribution in [0.25, 0.3) is 160 Å². The molecule has 1 aliphatic rings. The van der Waals surface area contributed by atoms with E-state index < -0.39 is 0 Å². The van der Waals surface area contributed by atoms with Gasteiger partial charge >= 0.3 is 0 Å². The predicted molar refractivity (Wildman–Crippen MR) is 356 cm³/mol. The minimum atomic E-state index is -0.160. The summed E-state index contributed by atoms with van der Waals surface area (Å²) in [6, 6.07) is 105. The number of aromatic nitrogens is 3. The van der Waals surface area contributed by atoms with E-state index >= 15 is 0 Å². The highest BCUT2D eigenvalue weighted by molar-refractivity contribution is 6.24. The SMILES string of the molecule is CC1(C)c2ccccc2-c2cc3c4cc(-c5cccc(-c6cccc(-n7c8ccccc8c8ccc9c%10ccccc%10n(-c%10cccc(-c%11ccccc%11)c%10)c9c87)c6)c5)ccc4n(-c4cccc(-c5cccc6c5oc5ccccc56)c4)c3cc21. The average Bonchev–Trinajstić information content (AvgIpc) is 3.44. The number of hydrogen-bond acceptors (Lipinski definition) is 1. The number of furan rings is 1. The Bertz CT molecular complexity index is 5650. The van der Waals surface area contributed by atoms with Crippen LogP contribution >= 0.6 is 0 Å². The molecule has 0 fully saturated rings. The van der Waals surface area contributed by atoms with Gasteiger partial charge in [0, 0.05) is 71.1 Å². The zero-order valence-corrected chi connectivity index (χ0v) is 46.9. The maximum atomic E-state index is 6.60. The van der Waals surface area contributed by atoms with Crippen molar-refractivity contribution in [3.8, 4) is 72.7 Å². The Kier molecular flexibility index (Phi) is 10.1. The van der Waals surface area contributed by atoms with Crippen molar-refractivity contribution in [3.63, 3.8) is 0 Å². The van der Waals surface area contributed by atoms with E-state index in [9.17, 15) is 0 Å². The summed E-state index contributed by atoms with van der Waals surface area (Å²) in [6.45, 7) is 4.75. The van der Waals surface area contributed by atoms with Gasteiger partial charge in [0.15, 0.2) is 0 Å². The van der Waals surface area contributed by atoms with E-state index in [1.165, 1.54) is 110 Å². The van der Waals surface area contributed by atoms with Gasteiger partial charge in [-0.3, -0.25) is 0 Å². The van der Waals surface area contributed by atoms with Crippen molar-refractivity contribution in [3.05, 3.63) is 296 Å². The molecule has 0 unspecified atom stereocenters. The number of fused-ring (bicyclic) bond motifs is 16. The highest BCUT2D eigenvalue weighted by Crippen LogP contribution is 2.52. The predicted octanol–water partition coefficient (Wildman–Crippen LogP) is 21.9. The van der Waals surface area contributed by atoms with Gasteiger partial charge in [-0.1, -0.05) is 214 Å². The molecule has 4 aromatic heterocycles. The van der Waals surface area contributed by atoms with Crippen LogP contribution in [0.4, 0.5) is 0 Å². The zero-order valence-electron chi connectivity index (χ0n) is 46.9. The maximum Gasteiger partial charge on any atom is 0.143 e. The van der Waals surface area contributed by atoms with Crippen LogP contribution in [0.1, 0.15) is 25.0 Å². The molecule has 0 saturated heterocycles. The van der Waals surface area contributed by atoms with Crippen molar-refractivity contribution < 1.29 is 4.42 Å². The lowest BCUT2D eigenvalue weighted by atomic mass is 9.82. The van der Waals surface area contributed by atoms with Gasteiger partial charge in [0.2, 0.25) is 0 Å². The van der Waals surface area contributed by atoms with Gasteiger partial charge < -0.3 is 18.1 Å². The second-order valence-corrected chi connectivity index (χ2v) is 23.6. The van der Waals surface area contributed by atoms with Gasteiger partial charge in [0.05, 0.1) is 33.1 Å². The van der Waals surface area contributed by atoms with Gasteiger partial charge in [-0.2, -0.15) is 0 Å². The molecule has 398 valence electrons. The molecule has 0 bridgehead atoms.